The van der Waals surface area contributed by atoms with Gasteiger partial charge in [0, 0.05) is 17.8 Å². The Kier molecular flexibility index (Phi) is 2.01. The van der Waals surface area contributed by atoms with E-state index >= 15 is 0 Å². The Morgan fingerprint density at radius 2 is 2.12 bits per heavy atom. The predicted octanol–water partition coefficient (Wildman–Crippen LogP) is 3.74. The van der Waals surface area contributed by atoms with Gasteiger partial charge in [-0.25, -0.2) is 9.37 Å². The van der Waals surface area contributed by atoms with Crippen LogP contribution in [0.1, 0.15) is 11.1 Å². The highest BCUT2D eigenvalue weighted by Crippen LogP contribution is 2.30. The van der Waals surface area contributed by atoms with E-state index in [1.54, 1.807) is 6.20 Å². The summed E-state index contributed by atoms with van der Waals surface area (Å²) < 4.78 is 15.5. The molecular formula is C14H11FN2. The summed E-state index contributed by atoms with van der Waals surface area (Å²) in [6.07, 6.45) is 3.51. The molecule has 3 rings (SSSR count). The number of aromatic nitrogens is 2. The third kappa shape index (κ3) is 1.29. The summed E-state index contributed by atoms with van der Waals surface area (Å²) in [4.78, 5) is 4.21. The van der Waals surface area contributed by atoms with Crippen molar-refractivity contribution in [3.63, 3.8) is 0 Å². The van der Waals surface area contributed by atoms with Gasteiger partial charge in [-0.15, -0.1) is 0 Å². The Labute approximate surface area is 98.0 Å². The quantitative estimate of drug-likeness (QED) is 0.618. The first kappa shape index (κ1) is 10.0. The lowest BCUT2D eigenvalue weighted by Crippen LogP contribution is -1.96. The Bertz CT molecular complexity index is 740. The molecule has 0 radical (unpaired) electrons. The number of para-hydroxylation sites is 1. The summed E-state index contributed by atoms with van der Waals surface area (Å²) in [7, 11) is 0. The van der Waals surface area contributed by atoms with Crippen LogP contribution in [-0.2, 0) is 0 Å². The average Bonchev–Trinajstić information content (AvgIpc) is 2.78. The second-order valence-corrected chi connectivity index (χ2v) is 4.04. The highest BCUT2D eigenvalue weighted by molar-refractivity contribution is 5.91. The van der Waals surface area contributed by atoms with Crippen LogP contribution in [0.5, 0.6) is 0 Å². The highest BCUT2D eigenvalue weighted by Gasteiger charge is 2.14. The summed E-state index contributed by atoms with van der Waals surface area (Å²) in [5.41, 5.74) is 3.02. The molecule has 17 heavy (non-hydrogen) atoms. The molecule has 0 amide bonds. The molecule has 0 atom stereocenters. The number of imidazole rings is 1. The first-order chi connectivity index (χ1) is 8.20. The minimum atomic E-state index is -0.440. The fraction of sp³-hybridized carbons (Fsp3) is 0.0714. The summed E-state index contributed by atoms with van der Waals surface area (Å²) in [5, 5.41) is 1.02. The summed E-state index contributed by atoms with van der Waals surface area (Å²) >= 11 is 0. The smallest absolute Gasteiger partial charge is 0.147 e. The monoisotopic (exact) mass is 226 g/mol. The molecule has 0 unspecified atom stereocenters. The zero-order chi connectivity index (χ0) is 12.0. The Hall–Kier alpha value is -2.16. The molecule has 0 fully saturated rings. The number of halogens is 1. The van der Waals surface area contributed by atoms with Gasteiger partial charge < -0.3 is 0 Å². The van der Waals surface area contributed by atoms with E-state index in [1.807, 2.05) is 41.8 Å². The molecule has 84 valence electrons. The molecule has 0 aliphatic rings. The predicted molar refractivity (Wildman–Crippen MR) is 67.6 cm³/mol. The molecular weight excluding hydrogens is 215 g/mol. The lowest BCUT2D eigenvalue weighted by atomic mass is 10.0. The second kappa shape index (κ2) is 3.42. The van der Waals surface area contributed by atoms with Crippen molar-refractivity contribution in [2.45, 2.75) is 6.92 Å². The summed E-state index contributed by atoms with van der Waals surface area (Å²) in [5.74, 6) is -0.440. The molecule has 2 nitrogen and oxygen atoms in total. The molecule has 0 N–H and O–H groups in total. The Balaban J connectivity index is 2.65. The van der Waals surface area contributed by atoms with Crippen LogP contribution in [0.25, 0.3) is 22.4 Å². The van der Waals surface area contributed by atoms with E-state index in [1.165, 1.54) is 0 Å². The van der Waals surface area contributed by atoms with E-state index in [9.17, 15) is 4.39 Å². The number of hydrogen-bond donors (Lipinski definition) is 0. The molecule has 0 aliphatic heterocycles. The first-order valence-corrected chi connectivity index (χ1v) is 5.39. The average molecular weight is 226 g/mol. The van der Waals surface area contributed by atoms with Gasteiger partial charge in [-0.2, -0.15) is 0 Å². The third-order valence-corrected chi connectivity index (χ3v) is 3.08. The van der Waals surface area contributed by atoms with Crippen LogP contribution in [-0.4, -0.2) is 9.38 Å². The van der Waals surface area contributed by atoms with Crippen LogP contribution < -0.4 is 0 Å². The van der Waals surface area contributed by atoms with E-state index in [4.69, 9.17) is 0 Å². The Morgan fingerprint density at radius 1 is 1.35 bits per heavy atom. The summed E-state index contributed by atoms with van der Waals surface area (Å²) in [6, 6.07) is 7.90. The van der Waals surface area contributed by atoms with Crippen molar-refractivity contribution in [2.24, 2.45) is 0 Å². The van der Waals surface area contributed by atoms with E-state index in [0.29, 0.717) is 11.2 Å². The standard InChI is InChI=1S/C14H11FN2/c1-9-11-5-3-4-6-12(11)17-8-7-16-14(17)13(9)10(2)15/h3-8H,2H2,1H3. The molecule has 0 saturated heterocycles. The van der Waals surface area contributed by atoms with Gasteiger partial charge in [-0.1, -0.05) is 24.8 Å². The zero-order valence-electron chi connectivity index (χ0n) is 9.44. The maximum absolute atomic E-state index is 13.6. The molecule has 0 aliphatic carbocycles. The first-order valence-electron chi connectivity index (χ1n) is 5.39. The van der Waals surface area contributed by atoms with Gasteiger partial charge in [0.25, 0.3) is 0 Å². The van der Waals surface area contributed by atoms with Crippen molar-refractivity contribution in [2.75, 3.05) is 0 Å². The molecule has 3 aromatic rings. The van der Waals surface area contributed by atoms with Gasteiger partial charge in [0.1, 0.15) is 11.5 Å². The number of benzene rings is 1. The van der Waals surface area contributed by atoms with Gasteiger partial charge in [0.05, 0.1) is 11.1 Å². The highest BCUT2D eigenvalue weighted by atomic mass is 19.1. The Morgan fingerprint density at radius 3 is 2.88 bits per heavy atom. The second-order valence-electron chi connectivity index (χ2n) is 4.04. The van der Waals surface area contributed by atoms with Crippen molar-refractivity contribution in [1.29, 1.82) is 0 Å². The minimum absolute atomic E-state index is 0.440. The largest absolute Gasteiger partial charge is 0.299 e. The molecule has 2 heterocycles. The normalized spacial score (nSPS) is 11.2. The molecule has 0 spiro atoms. The lowest BCUT2D eigenvalue weighted by Gasteiger charge is -2.10. The molecule has 2 aromatic heterocycles. The van der Waals surface area contributed by atoms with E-state index in [0.717, 1.165) is 16.5 Å². The van der Waals surface area contributed by atoms with Crippen LogP contribution in [0, 0.1) is 6.92 Å². The maximum Gasteiger partial charge on any atom is 0.147 e. The van der Waals surface area contributed by atoms with Crippen LogP contribution in [0.4, 0.5) is 4.39 Å². The number of hydrogen-bond acceptors (Lipinski definition) is 1. The van der Waals surface area contributed by atoms with Crippen LogP contribution >= 0.6 is 0 Å². The van der Waals surface area contributed by atoms with Crippen LogP contribution in [0.2, 0.25) is 0 Å². The van der Waals surface area contributed by atoms with E-state index in [2.05, 4.69) is 11.6 Å². The topological polar surface area (TPSA) is 17.3 Å². The fourth-order valence-corrected chi connectivity index (χ4v) is 2.31. The number of nitrogens with zero attached hydrogens (tertiary/aromatic N) is 2. The fourth-order valence-electron chi connectivity index (χ4n) is 2.31. The minimum Gasteiger partial charge on any atom is -0.299 e. The van der Waals surface area contributed by atoms with Gasteiger partial charge in [0.2, 0.25) is 0 Å². The SMILES string of the molecule is C=C(F)c1c(C)c2ccccc2n2ccnc12. The van der Waals surface area contributed by atoms with Crippen molar-refractivity contribution < 1.29 is 4.39 Å². The van der Waals surface area contributed by atoms with Crippen molar-refractivity contribution in [3.05, 3.63) is 54.4 Å². The number of fused-ring (bicyclic) bond motifs is 3. The number of aryl methyl sites for hydroxylation is 1. The molecule has 0 saturated carbocycles. The van der Waals surface area contributed by atoms with Crippen LogP contribution in [0.15, 0.2) is 43.2 Å². The zero-order valence-corrected chi connectivity index (χ0v) is 9.44. The molecule has 3 heteroatoms. The molecule has 1 aromatic carbocycles. The van der Waals surface area contributed by atoms with Crippen molar-refractivity contribution in [3.8, 4) is 0 Å². The van der Waals surface area contributed by atoms with Gasteiger partial charge in [-0.3, -0.25) is 4.40 Å². The van der Waals surface area contributed by atoms with E-state index in [-0.39, 0.29) is 0 Å². The lowest BCUT2D eigenvalue weighted by molar-refractivity contribution is 0.762. The number of pyridine rings is 1. The third-order valence-electron chi connectivity index (χ3n) is 3.08. The van der Waals surface area contributed by atoms with Crippen molar-refractivity contribution in [1.82, 2.24) is 9.38 Å². The molecule has 0 bridgehead atoms. The number of rotatable bonds is 1. The van der Waals surface area contributed by atoms with Gasteiger partial charge in [-0.05, 0) is 18.6 Å². The van der Waals surface area contributed by atoms with Gasteiger partial charge in [0.15, 0.2) is 0 Å². The van der Waals surface area contributed by atoms with E-state index < -0.39 is 5.83 Å². The summed E-state index contributed by atoms with van der Waals surface area (Å²) in [6.45, 7) is 5.30. The van der Waals surface area contributed by atoms with Crippen LogP contribution in [0.3, 0.4) is 0 Å². The van der Waals surface area contributed by atoms with Gasteiger partial charge >= 0.3 is 0 Å². The van der Waals surface area contributed by atoms with Crippen molar-refractivity contribution >= 4 is 22.4 Å². The maximum atomic E-state index is 13.6.